The van der Waals surface area contributed by atoms with Gasteiger partial charge in [0.25, 0.3) is 5.91 Å². The van der Waals surface area contributed by atoms with Crippen molar-refractivity contribution in [1.29, 1.82) is 0 Å². The summed E-state index contributed by atoms with van der Waals surface area (Å²) >= 11 is 0. The average Bonchev–Trinajstić information content (AvgIpc) is 2.28. The van der Waals surface area contributed by atoms with Crippen LogP contribution in [0.25, 0.3) is 0 Å². The maximum atomic E-state index is 11.7. The molecule has 0 fully saturated rings. The summed E-state index contributed by atoms with van der Waals surface area (Å²) in [6, 6.07) is 6.53. The zero-order chi connectivity index (χ0) is 12.8. The smallest absolute Gasteiger partial charge is 0.255 e. The highest BCUT2D eigenvalue weighted by molar-refractivity contribution is 5.82. The fourth-order valence-corrected chi connectivity index (χ4v) is 1.38. The summed E-state index contributed by atoms with van der Waals surface area (Å²) < 4.78 is 5.32. The lowest BCUT2D eigenvalue weighted by Crippen LogP contribution is -2.41. The van der Waals surface area contributed by atoms with E-state index in [0.29, 0.717) is 6.61 Å². The van der Waals surface area contributed by atoms with Crippen molar-refractivity contribution in [1.82, 2.24) is 10.4 Å². The number of nitrogens with two attached hydrogens (primary N) is 1. The quantitative estimate of drug-likeness (QED) is 0.739. The first-order valence-electron chi connectivity index (χ1n) is 5.50. The van der Waals surface area contributed by atoms with Crippen LogP contribution in [0.5, 0.6) is 5.75 Å². The van der Waals surface area contributed by atoms with Crippen LogP contribution in [0.3, 0.4) is 0 Å². The standard InChI is InChI=1S/C12H19N3O2/c1-4-17-10-7-5-9(6-8-10)11(13)12(16)14-15(2)3/h5-8,11H,4,13H2,1-3H3,(H,14,16). The molecule has 17 heavy (non-hydrogen) atoms. The molecule has 0 aliphatic rings. The number of nitrogens with one attached hydrogen (secondary N) is 1. The fraction of sp³-hybridized carbons (Fsp3) is 0.417. The van der Waals surface area contributed by atoms with Crippen LogP contribution in [0.15, 0.2) is 24.3 Å². The Morgan fingerprint density at radius 2 is 2.00 bits per heavy atom. The van der Waals surface area contributed by atoms with Crippen LogP contribution in [0, 0.1) is 0 Å². The number of hydrogen-bond donors (Lipinski definition) is 2. The third-order valence-corrected chi connectivity index (χ3v) is 2.17. The number of hydrogen-bond acceptors (Lipinski definition) is 4. The van der Waals surface area contributed by atoms with Crippen LogP contribution in [0.4, 0.5) is 0 Å². The lowest BCUT2D eigenvalue weighted by Gasteiger charge is -2.17. The Labute approximate surface area is 102 Å². The van der Waals surface area contributed by atoms with Crippen LogP contribution in [0.2, 0.25) is 0 Å². The number of nitrogens with zero attached hydrogens (tertiary/aromatic N) is 1. The van der Waals surface area contributed by atoms with Crippen molar-refractivity contribution in [2.24, 2.45) is 5.73 Å². The second-order valence-electron chi connectivity index (χ2n) is 3.85. The molecule has 0 aromatic heterocycles. The van der Waals surface area contributed by atoms with Gasteiger partial charge in [-0.2, -0.15) is 0 Å². The Morgan fingerprint density at radius 1 is 1.41 bits per heavy atom. The first-order valence-corrected chi connectivity index (χ1v) is 5.50. The Kier molecular flexibility index (Phi) is 4.93. The van der Waals surface area contributed by atoms with Gasteiger partial charge in [0.15, 0.2) is 0 Å². The van der Waals surface area contributed by atoms with Crippen molar-refractivity contribution in [3.63, 3.8) is 0 Å². The number of carbonyl (C=O) groups excluding carboxylic acids is 1. The van der Waals surface area contributed by atoms with E-state index >= 15 is 0 Å². The number of benzene rings is 1. The molecule has 1 aromatic carbocycles. The SMILES string of the molecule is CCOc1ccc(C(N)C(=O)NN(C)C)cc1. The molecular weight excluding hydrogens is 218 g/mol. The van der Waals surface area contributed by atoms with Crippen LogP contribution >= 0.6 is 0 Å². The summed E-state index contributed by atoms with van der Waals surface area (Å²) in [5, 5.41) is 1.57. The maximum Gasteiger partial charge on any atom is 0.255 e. The van der Waals surface area contributed by atoms with Crippen molar-refractivity contribution in [3.8, 4) is 5.75 Å². The van der Waals surface area contributed by atoms with Crippen molar-refractivity contribution in [2.75, 3.05) is 20.7 Å². The van der Waals surface area contributed by atoms with Gasteiger partial charge in [-0.15, -0.1) is 0 Å². The van der Waals surface area contributed by atoms with E-state index in [2.05, 4.69) is 5.43 Å². The highest BCUT2D eigenvalue weighted by Gasteiger charge is 2.15. The molecule has 5 heteroatoms. The lowest BCUT2D eigenvalue weighted by atomic mass is 10.1. The summed E-state index contributed by atoms with van der Waals surface area (Å²) in [4.78, 5) is 11.7. The Morgan fingerprint density at radius 3 is 2.47 bits per heavy atom. The fourth-order valence-electron chi connectivity index (χ4n) is 1.38. The molecule has 5 nitrogen and oxygen atoms in total. The molecule has 94 valence electrons. The molecule has 1 unspecified atom stereocenters. The number of ether oxygens (including phenoxy) is 1. The van der Waals surface area contributed by atoms with Crippen LogP contribution < -0.4 is 15.9 Å². The first-order chi connectivity index (χ1) is 8.04. The minimum absolute atomic E-state index is 0.237. The highest BCUT2D eigenvalue weighted by atomic mass is 16.5. The second-order valence-corrected chi connectivity index (χ2v) is 3.85. The molecule has 0 radical (unpaired) electrons. The Bertz CT molecular complexity index is 363. The number of hydrazine groups is 1. The van der Waals surface area contributed by atoms with Gasteiger partial charge in [-0.05, 0) is 24.6 Å². The van der Waals surface area contributed by atoms with Gasteiger partial charge in [0, 0.05) is 14.1 Å². The van der Waals surface area contributed by atoms with Gasteiger partial charge in [0.05, 0.1) is 6.61 Å². The average molecular weight is 237 g/mol. The predicted octanol–water partition coefficient (Wildman–Crippen LogP) is 0.678. The molecule has 1 amide bonds. The number of amides is 1. The summed E-state index contributed by atoms with van der Waals surface area (Å²) in [7, 11) is 3.48. The normalized spacial score (nSPS) is 12.3. The third-order valence-electron chi connectivity index (χ3n) is 2.17. The molecule has 0 spiro atoms. The molecule has 1 rings (SSSR count). The molecule has 0 aliphatic carbocycles. The Balaban J connectivity index is 2.68. The van der Waals surface area contributed by atoms with Gasteiger partial charge in [-0.1, -0.05) is 12.1 Å². The Hall–Kier alpha value is -1.59. The van der Waals surface area contributed by atoms with Crippen molar-refractivity contribution in [3.05, 3.63) is 29.8 Å². The number of carbonyl (C=O) groups is 1. The molecule has 0 saturated carbocycles. The molecule has 0 saturated heterocycles. The van der Waals surface area contributed by atoms with Gasteiger partial charge in [0.2, 0.25) is 0 Å². The van der Waals surface area contributed by atoms with Crippen molar-refractivity contribution < 1.29 is 9.53 Å². The largest absolute Gasteiger partial charge is 0.494 e. The van der Waals surface area contributed by atoms with E-state index in [1.54, 1.807) is 31.2 Å². The molecule has 1 aromatic rings. The first kappa shape index (κ1) is 13.5. The zero-order valence-electron chi connectivity index (χ0n) is 10.4. The van der Waals surface area contributed by atoms with Gasteiger partial charge in [-0.3, -0.25) is 10.2 Å². The predicted molar refractivity (Wildman–Crippen MR) is 66.4 cm³/mol. The van der Waals surface area contributed by atoms with E-state index in [9.17, 15) is 4.79 Å². The van der Waals surface area contributed by atoms with Gasteiger partial charge < -0.3 is 10.5 Å². The monoisotopic (exact) mass is 237 g/mol. The lowest BCUT2D eigenvalue weighted by molar-refractivity contribution is -0.126. The van der Waals surface area contributed by atoms with Crippen molar-refractivity contribution >= 4 is 5.91 Å². The van der Waals surface area contributed by atoms with E-state index in [1.165, 1.54) is 0 Å². The van der Waals surface area contributed by atoms with E-state index < -0.39 is 6.04 Å². The zero-order valence-corrected chi connectivity index (χ0v) is 10.4. The van der Waals surface area contributed by atoms with Gasteiger partial charge >= 0.3 is 0 Å². The second kappa shape index (κ2) is 6.22. The molecular formula is C12H19N3O2. The van der Waals surface area contributed by atoms with E-state index in [-0.39, 0.29) is 5.91 Å². The molecule has 1 atom stereocenters. The van der Waals surface area contributed by atoms with Gasteiger partial charge in [0.1, 0.15) is 11.8 Å². The molecule has 0 aliphatic heterocycles. The van der Waals surface area contributed by atoms with Crippen LogP contribution in [-0.2, 0) is 4.79 Å². The molecule has 0 heterocycles. The molecule has 0 bridgehead atoms. The van der Waals surface area contributed by atoms with Crippen molar-refractivity contribution in [2.45, 2.75) is 13.0 Å². The minimum Gasteiger partial charge on any atom is -0.494 e. The summed E-state index contributed by atoms with van der Waals surface area (Å²) in [5.41, 5.74) is 9.21. The summed E-state index contributed by atoms with van der Waals surface area (Å²) in [6.45, 7) is 2.54. The van der Waals surface area contributed by atoms with Crippen LogP contribution in [-0.4, -0.2) is 31.6 Å². The topological polar surface area (TPSA) is 67.6 Å². The highest BCUT2D eigenvalue weighted by Crippen LogP contribution is 2.16. The summed E-state index contributed by atoms with van der Waals surface area (Å²) in [6.07, 6.45) is 0. The van der Waals surface area contributed by atoms with Crippen LogP contribution in [0.1, 0.15) is 18.5 Å². The van der Waals surface area contributed by atoms with E-state index in [0.717, 1.165) is 11.3 Å². The third kappa shape index (κ3) is 4.05. The summed E-state index contributed by atoms with van der Waals surface area (Å²) in [5.74, 6) is 0.538. The van der Waals surface area contributed by atoms with Gasteiger partial charge in [-0.25, -0.2) is 5.01 Å². The van der Waals surface area contributed by atoms with E-state index in [4.69, 9.17) is 10.5 Å². The minimum atomic E-state index is -0.673. The molecule has 3 N–H and O–H groups in total. The maximum absolute atomic E-state index is 11.7. The van der Waals surface area contributed by atoms with E-state index in [1.807, 2.05) is 19.1 Å². The number of rotatable bonds is 5.